The molecule has 0 radical (unpaired) electrons. The van der Waals surface area contributed by atoms with Gasteiger partial charge in [-0.05, 0) is 25.2 Å². The van der Waals surface area contributed by atoms with Crippen molar-refractivity contribution in [2.45, 2.75) is 58.8 Å². The largest absolute Gasteiger partial charge is 0.123 e. The van der Waals surface area contributed by atoms with Crippen molar-refractivity contribution < 1.29 is 0 Å². The summed E-state index contributed by atoms with van der Waals surface area (Å²) >= 11 is 6.12. The first-order chi connectivity index (χ1) is 5.59. The molecule has 0 bridgehead atoms. The molecule has 0 rings (SSSR count). The fourth-order valence-corrected chi connectivity index (χ4v) is 2.14. The fourth-order valence-electron chi connectivity index (χ4n) is 1.72. The monoisotopic (exact) mass is 190 g/mol. The molecule has 0 aliphatic carbocycles. The molecule has 0 spiro atoms. The predicted octanol–water partition coefficient (Wildman–Crippen LogP) is 4.47. The van der Waals surface area contributed by atoms with Gasteiger partial charge in [-0.15, -0.1) is 11.6 Å². The van der Waals surface area contributed by atoms with Crippen molar-refractivity contribution in [2.24, 2.45) is 11.8 Å². The zero-order valence-electron chi connectivity index (χ0n) is 8.94. The number of alkyl halides is 1. The minimum Gasteiger partial charge on any atom is -0.123 e. The summed E-state index contributed by atoms with van der Waals surface area (Å²) < 4.78 is 0. The maximum Gasteiger partial charge on any atom is 0.0338 e. The second kappa shape index (κ2) is 6.77. The van der Waals surface area contributed by atoms with Gasteiger partial charge < -0.3 is 0 Å². The van der Waals surface area contributed by atoms with Crippen LogP contribution in [0.2, 0.25) is 0 Å². The van der Waals surface area contributed by atoms with E-state index in [0.717, 1.165) is 5.92 Å². The highest BCUT2D eigenvalue weighted by atomic mass is 35.5. The maximum absolute atomic E-state index is 6.12. The van der Waals surface area contributed by atoms with Crippen LogP contribution < -0.4 is 0 Å². The highest BCUT2D eigenvalue weighted by Crippen LogP contribution is 2.25. The van der Waals surface area contributed by atoms with Crippen LogP contribution in [0.25, 0.3) is 0 Å². The van der Waals surface area contributed by atoms with Crippen molar-refractivity contribution in [1.29, 1.82) is 0 Å². The summed E-state index contributed by atoms with van der Waals surface area (Å²) in [6, 6.07) is 0. The molecule has 0 saturated heterocycles. The topological polar surface area (TPSA) is 0 Å². The summed E-state index contributed by atoms with van der Waals surface area (Å²) in [6.45, 7) is 8.91. The second-order valence-corrected chi connectivity index (χ2v) is 4.77. The molecule has 0 heterocycles. The minimum absolute atomic E-state index is 0.335. The zero-order chi connectivity index (χ0) is 9.56. The first-order valence-electron chi connectivity index (χ1n) is 5.23. The van der Waals surface area contributed by atoms with Crippen LogP contribution in [0.3, 0.4) is 0 Å². The standard InChI is InChI=1S/C11H23Cl/c1-5-6-7-8-11(9(2)3)10(4)12/h9-11H,5-8H2,1-4H3. The van der Waals surface area contributed by atoms with Crippen LogP contribution in [0.4, 0.5) is 0 Å². The van der Waals surface area contributed by atoms with Gasteiger partial charge in [0, 0.05) is 5.38 Å². The molecule has 0 amide bonds. The summed E-state index contributed by atoms with van der Waals surface area (Å²) in [5.41, 5.74) is 0. The average Bonchev–Trinajstić information content (AvgIpc) is 1.96. The van der Waals surface area contributed by atoms with Gasteiger partial charge in [0.2, 0.25) is 0 Å². The predicted molar refractivity (Wildman–Crippen MR) is 57.8 cm³/mol. The van der Waals surface area contributed by atoms with E-state index in [1.54, 1.807) is 0 Å². The molecule has 0 N–H and O–H groups in total. The van der Waals surface area contributed by atoms with Gasteiger partial charge in [0.1, 0.15) is 0 Å². The SMILES string of the molecule is CCCCCC(C(C)C)C(C)Cl. The molecule has 0 aliphatic rings. The fraction of sp³-hybridized carbons (Fsp3) is 1.00. The van der Waals surface area contributed by atoms with Crippen LogP contribution >= 0.6 is 11.6 Å². The van der Waals surface area contributed by atoms with Crippen molar-refractivity contribution in [1.82, 2.24) is 0 Å². The van der Waals surface area contributed by atoms with Gasteiger partial charge in [0.25, 0.3) is 0 Å². The molecule has 12 heavy (non-hydrogen) atoms. The van der Waals surface area contributed by atoms with E-state index in [9.17, 15) is 0 Å². The Balaban J connectivity index is 3.64. The van der Waals surface area contributed by atoms with Crippen LogP contribution in [-0.4, -0.2) is 5.38 Å². The lowest BCUT2D eigenvalue weighted by molar-refractivity contribution is 0.342. The van der Waals surface area contributed by atoms with Crippen LogP contribution in [-0.2, 0) is 0 Å². The third-order valence-corrected chi connectivity index (χ3v) is 2.91. The van der Waals surface area contributed by atoms with Gasteiger partial charge in [-0.25, -0.2) is 0 Å². The third kappa shape index (κ3) is 5.03. The lowest BCUT2D eigenvalue weighted by Gasteiger charge is -2.22. The van der Waals surface area contributed by atoms with E-state index < -0.39 is 0 Å². The van der Waals surface area contributed by atoms with Crippen molar-refractivity contribution in [3.05, 3.63) is 0 Å². The van der Waals surface area contributed by atoms with E-state index in [0.29, 0.717) is 11.3 Å². The highest BCUT2D eigenvalue weighted by molar-refractivity contribution is 6.20. The van der Waals surface area contributed by atoms with Crippen molar-refractivity contribution in [3.63, 3.8) is 0 Å². The molecular weight excluding hydrogens is 168 g/mol. The molecule has 74 valence electrons. The van der Waals surface area contributed by atoms with Crippen molar-refractivity contribution >= 4 is 11.6 Å². The summed E-state index contributed by atoms with van der Waals surface area (Å²) in [4.78, 5) is 0. The van der Waals surface area contributed by atoms with E-state index in [1.165, 1.54) is 25.7 Å². The Morgan fingerprint density at radius 1 is 1.08 bits per heavy atom. The molecular formula is C11H23Cl. The van der Waals surface area contributed by atoms with E-state index in [4.69, 9.17) is 11.6 Å². The Morgan fingerprint density at radius 2 is 1.67 bits per heavy atom. The number of halogens is 1. The third-order valence-electron chi connectivity index (χ3n) is 2.59. The lowest BCUT2D eigenvalue weighted by atomic mass is 9.88. The molecule has 2 atom stereocenters. The summed E-state index contributed by atoms with van der Waals surface area (Å²) in [5.74, 6) is 1.44. The van der Waals surface area contributed by atoms with Gasteiger partial charge in [-0.1, -0.05) is 40.0 Å². The molecule has 0 aromatic carbocycles. The quantitative estimate of drug-likeness (QED) is 0.429. The molecule has 2 unspecified atom stereocenters. The van der Waals surface area contributed by atoms with E-state index in [2.05, 4.69) is 27.7 Å². The number of hydrogen-bond donors (Lipinski definition) is 0. The number of unbranched alkanes of at least 4 members (excludes halogenated alkanes) is 2. The van der Waals surface area contributed by atoms with Crippen molar-refractivity contribution in [2.75, 3.05) is 0 Å². The summed E-state index contributed by atoms with van der Waals surface area (Å²) in [6.07, 6.45) is 5.31. The lowest BCUT2D eigenvalue weighted by Crippen LogP contribution is -2.17. The maximum atomic E-state index is 6.12. The van der Waals surface area contributed by atoms with Crippen LogP contribution in [0, 0.1) is 11.8 Å². The Kier molecular flexibility index (Phi) is 6.93. The molecule has 0 fully saturated rings. The number of hydrogen-bond acceptors (Lipinski definition) is 0. The van der Waals surface area contributed by atoms with Crippen LogP contribution in [0.5, 0.6) is 0 Å². The molecule has 0 nitrogen and oxygen atoms in total. The van der Waals surface area contributed by atoms with E-state index >= 15 is 0 Å². The number of rotatable bonds is 6. The Hall–Kier alpha value is 0.290. The van der Waals surface area contributed by atoms with Gasteiger partial charge in [0.05, 0.1) is 0 Å². The molecule has 1 heteroatoms. The Labute approximate surface area is 82.7 Å². The molecule has 0 aromatic heterocycles. The van der Waals surface area contributed by atoms with Crippen LogP contribution in [0.15, 0.2) is 0 Å². The van der Waals surface area contributed by atoms with Gasteiger partial charge >= 0.3 is 0 Å². The van der Waals surface area contributed by atoms with Gasteiger partial charge in [-0.2, -0.15) is 0 Å². The summed E-state index contributed by atoms with van der Waals surface area (Å²) in [5, 5.41) is 0.335. The Morgan fingerprint density at radius 3 is 2.00 bits per heavy atom. The minimum atomic E-state index is 0.335. The molecule has 0 aromatic rings. The summed E-state index contributed by atoms with van der Waals surface area (Å²) in [7, 11) is 0. The zero-order valence-corrected chi connectivity index (χ0v) is 9.69. The smallest absolute Gasteiger partial charge is 0.0338 e. The Bertz CT molecular complexity index is 89.2. The first kappa shape index (κ1) is 12.3. The van der Waals surface area contributed by atoms with E-state index in [1.807, 2.05) is 0 Å². The molecule has 0 saturated carbocycles. The van der Waals surface area contributed by atoms with Crippen molar-refractivity contribution in [3.8, 4) is 0 Å². The molecule has 0 aliphatic heterocycles. The first-order valence-corrected chi connectivity index (χ1v) is 5.67. The average molecular weight is 191 g/mol. The normalized spacial score (nSPS) is 16.5. The van der Waals surface area contributed by atoms with Gasteiger partial charge in [-0.3, -0.25) is 0 Å². The van der Waals surface area contributed by atoms with Crippen LogP contribution in [0.1, 0.15) is 53.4 Å². The van der Waals surface area contributed by atoms with Gasteiger partial charge in [0.15, 0.2) is 0 Å². The second-order valence-electron chi connectivity index (χ2n) is 4.08. The highest BCUT2D eigenvalue weighted by Gasteiger charge is 2.17. The van der Waals surface area contributed by atoms with E-state index in [-0.39, 0.29) is 0 Å².